The van der Waals surface area contributed by atoms with Gasteiger partial charge in [0.1, 0.15) is 12.4 Å². The van der Waals surface area contributed by atoms with Crippen molar-refractivity contribution in [3.63, 3.8) is 0 Å². The Hall–Kier alpha value is -2.28. The number of nitrogens with zero attached hydrogens (tertiary/aromatic N) is 1. The first-order valence-corrected chi connectivity index (χ1v) is 11.3. The Kier molecular flexibility index (Phi) is 8.81. The second-order valence-corrected chi connectivity index (χ2v) is 8.12. The van der Waals surface area contributed by atoms with Crippen LogP contribution in [-0.4, -0.2) is 50.3 Å². The quantitative estimate of drug-likeness (QED) is 0.293. The number of hydrogen-bond donors (Lipinski definition) is 3. The van der Waals surface area contributed by atoms with Crippen molar-refractivity contribution in [3.05, 3.63) is 29.3 Å². The predicted molar refractivity (Wildman–Crippen MR) is 119 cm³/mol. The topological polar surface area (TPSA) is 84.0 Å². The highest BCUT2D eigenvalue weighted by molar-refractivity contribution is 5.80. The lowest BCUT2D eigenvalue weighted by Crippen LogP contribution is -2.38. The number of guanidine groups is 1. The summed E-state index contributed by atoms with van der Waals surface area (Å²) in [5.74, 6) is 1.78. The smallest absolute Gasteiger partial charge is 0.220 e. The lowest BCUT2D eigenvalue weighted by Gasteiger charge is -2.15. The minimum absolute atomic E-state index is 0.147. The largest absolute Gasteiger partial charge is 0.491 e. The van der Waals surface area contributed by atoms with E-state index >= 15 is 0 Å². The first-order chi connectivity index (χ1) is 14.6. The zero-order chi connectivity index (χ0) is 21.2. The van der Waals surface area contributed by atoms with E-state index in [1.54, 1.807) is 0 Å². The Morgan fingerprint density at radius 3 is 2.87 bits per heavy atom. The molecule has 7 nitrogen and oxygen atoms in total. The van der Waals surface area contributed by atoms with Crippen LogP contribution in [0.4, 0.5) is 0 Å². The van der Waals surface area contributed by atoms with Crippen LogP contribution < -0.4 is 20.7 Å². The molecular weight excluding hydrogens is 380 g/mol. The first kappa shape index (κ1) is 22.4. The summed E-state index contributed by atoms with van der Waals surface area (Å²) in [6.45, 7) is 7.54. The maximum atomic E-state index is 11.8. The Morgan fingerprint density at radius 2 is 2.13 bits per heavy atom. The highest BCUT2D eigenvalue weighted by atomic mass is 16.5. The summed E-state index contributed by atoms with van der Waals surface area (Å²) >= 11 is 0. The van der Waals surface area contributed by atoms with Crippen molar-refractivity contribution in [2.45, 2.75) is 71.1 Å². The van der Waals surface area contributed by atoms with Gasteiger partial charge in [0.2, 0.25) is 5.91 Å². The lowest BCUT2D eigenvalue weighted by atomic mass is 10.1. The summed E-state index contributed by atoms with van der Waals surface area (Å²) in [6, 6.07) is 6.66. The molecule has 1 aromatic carbocycles. The molecule has 3 N–H and O–H groups in total. The predicted octanol–water partition coefficient (Wildman–Crippen LogP) is 2.67. The third-order valence-corrected chi connectivity index (χ3v) is 5.24. The summed E-state index contributed by atoms with van der Waals surface area (Å²) in [5, 5.41) is 9.61. The molecule has 0 bridgehead atoms. The van der Waals surface area contributed by atoms with Crippen LogP contribution in [0.1, 0.15) is 56.6 Å². The van der Waals surface area contributed by atoms with E-state index in [4.69, 9.17) is 14.5 Å². The maximum absolute atomic E-state index is 11.8. The fraction of sp³-hybridized carbons (Fsp3) is 0.652. The van der Waals surface area contributed by atoms with Gasteiger partial charge in [-0.05, 0) is 57.6 Å². The van der Waals surface area contributed by atoms with Gasteiger partial charge in [-0.3, -0.25) is 4.79 Å². The molecule has 1 aliphatic heterocycles. The molecule has 1 amide bonds. The van der Waals surface area contributed by atoms with Gasteiger partial charge in [-0.15, -0.1) is 0 Å². The van der Waals surface area contributed by atoms with E-state index in [2.05, 4.69) is 41.1 Å². The summed E-state index contributed by atoms with van der Waals surface area (Å²) < 4.78 is 11.7. The molecular formula is C23H36N4O3. The highest BCUT2D eigenvalue weighted by Crippen LogP contribution is 2.23. The van der Waals surface area contributed by atoms with Gasteiger partial charge in [-0.1, -0.05) is 12.1 Å². The molecule has 1 aliphatic carbocycles. The van der Waals surface area contributed by atoms with Gasteiger partial charge in [-0.2, -0.15) is 0 Å². The number of carbonyl (C=O) groups is 1. The standard InChI is InChI=1S/C23H36N4O3/c1-3-24-23(25-12-4-7-22(28)27-19-10-11-19)26-15-18-9-8-17(2)14-21(18)30-16-20-6-5-13-29-20/h8-9,14,19-20H,3-7,10-13,15-16H2,1-2H3,(H,27,28)(H2,24,25,26). The average Bonchev–Trinajstić information content (AvgIpc) is 3.38. The number of rotatable bonds is 11. The summed E-state index contributed by atoms with van der Waals surface area (Å²) in [7, 11) is 0. The Balaban J connectivity index is 1.49. The molecule has 0 radical (unpaired) electrons. The van der Waals surface area contributed by atoms with Gasteiger partial charge in [-0.25, -0.2) is 4.99 Å². The zero-order valence-electron chi connectivity index (χ0n) is 18.3. The summed E-state index contributed by atoms with van der Waals surface area (Å²) in [5.41, 5.74) is 2.22. The van der Waals surface area contributed by atoms with E-state index < -0.39 is 0 Å². The highest BCUT2D eigenvalue weighted by Gasteiger charge is 2.22. The number of aliphatic imine (C=N–C) groups is 1. The van der Waals surface area contributed by atoms with E-state index in [0.29, 0.717) is 32.2 Å². The van der Waals surface area contributed by atoms with Crippen molar-refractivity contribution in [2.24, 2.45) is 4.99 Å². The van der Waals surface area contributed by atoms with Crippen molar-refractivity contribution in [2.75, 3.05) is 26.3 Å². The Labute approximate surface area is 180 Å². The van der Waals surface area contributed by atoms with Gasteiger partial charge in [0.25, 0.3) is 0 Å². The number of hydrogen-bond acceptors (Lipinski definition) is 4. The minimum Gasteiger partial charge on any atom is -0.491 e. The van der Waals surface area contributed by atoms with Gasteiger partial charge in [0.05, 0.1) is 12.6 Å². The third kappa shape index (κ3) is 7.86. The molecule has 1 atom stereocenters. The Morgan fingerprint density at radius 1 is 1.27 bits per heavy atom. The van der Waals surface area contributed by atoms with E-state index in [1.807, 2.05) is 6.92 Å². The fourth-order valence-electron chi connectivity index (χ4n) is 3.37. The molecule has 1 saturated heterocycles. The van der Waals surface area contributed by atoms with Crippen molar-refractivity contribution in [3.8, 4) is 5.75 Å². The van der Waals surface area contributed by atoms with Crippen LogP contribution in [0.3, 0.4) is 0 Å². The maximum Gasteiger partial charge on any atom is 0.220 e. The number of nitrogens with one attached hydrogen (secondary N) is 3. The molecule has 3 rings (SSSR count). The van der Waals surface area contributed by atoms with E-state index in [9.17, 15) is 4.79 Å². The second-order valence-electron chi connectivity index (χ2n) is 8.12. The molecule has 2 fully saturated rings. The molecule has 1 unspecified atom stereocenters. The van der Waals surface area contributed by atoms with Crippen LogP contribution in [0, 0.1) is 6.92 Å². The number of amides is 1. The van der Waals surface area contributed by atoms with Crippen LogP contribution in [-0.2, 0) is 16.1 Å². The van der Waals surface area contributed by atoms with E-state index in [1.165, 1.54) is 5.56 Å². The normalized spacial score (nSPS) is 18.9. The average molecular weight is 417 g/mol. The molecule has 1 aromatic rings. The first-order valence-electron chi connectivity index (χ1n) is 11.3. The van der Waals surface area contributed by atoms with Gasteiger partial charge >= 0.3 is 0 Å². The SMILES string of the molecule is CCNC(=NCc1ccc(C)cc1OCC1CCCO1)NCCCC(=O)NC1CC1. The molecule has 30 heavy (non-hydrogen) atoms. The van der Waals surface area contributed by atoms with Gasteiger partial charge < -0.3 is 25.4 Å². The van der Waals surface area contributed by atoms with Crippen LogP contribution in [0.5, 0.6) is 5.75 Å². The van der Waals surface area contributed by atoms with Crippen molar-refractivity contribution in [1.29, 1.82) is 0 Å². The zero-order valence-corrected chi connectivity index (χ0v) is 18.3. The molecule has 2 aliphatic rings. The van der Waals surface area contributed by atoms with Crippen molar-refractivity contribution in [1.82, 2.24) is 16.0 Å². The van der Waals surface area contributed by atoms with Crippen LogP contribution in [0.15, 0.2) is 23.2 Å². The van der Waals surface area contributed by atoms with Gasteiger partial charge in [0, 0.05) is 37.7 Å². The van der Waals surface area contributed by atoms with Crippen molar-refractivity contribution >= 4 is 11.9 Å². The molecule has 1 saturated carbocycles. The summed E-state index contributed by atoms with van der Waals surface area (Å²) in [4.78, 5) is 16.5. The van der Waals surface area contributed by atoms with Crippen LogP contribution in [0.2, 0.25) is 0 Å². The number of ether oxygens (including phenoxy) is 2. The van der Waals surface area contributed by atoms with Gasteiger partial charge in [0.15, 0.2) is 5.96 Å². The molecule has 166 valence electrons. The molecule has 1 heterocycles. The second kappa shape index (κ2) is 11.8. The van der Waals surface area contributed by atoms with E-state index in [-0.39, 0.29) is 12.0 Å². The number of benzene rings is 1. The summed E-state index contributed by atoms with van der Waals surface area (Å²) in [6.07, 6.45) is 5.94. The fourth-order valence-corrected chi connectivity index (χ4v) is 3.37. The van der Waals surface area contributed by atoms with Crippen LogP contribution in [0.25, 0.3) is 0 Å². The number of carbonyl (C=O) groups excluding carboxylic acids is 1. The monoisotopic (exact) mass is 416 g/mol. The Bertz CT molecular complexity index is 712. The molecule has 0 spiro atoms. The van der Waals surface area contributed by atoms with E-state index in [0.717, 1.165) is 62.5 Å². The van der Waals surface area contributed by atoms with Crippen molar-refractivity contribution < 1.29 is 14.3 Å². The minimum atomic E-state index is 0.147. The van der Waals surface area contributed by atoms with Crippen LogP contribution >= 0.6 is 0 Å². The molecule has 7 heteroatoms. The number of aryl methyl sites for hydroxylation is 1. The lowest BCUT2D eigenvalue weighted by molar-refractivity contribution is -0.121. The third-order valence-electron chi connectivity index (χ3n) is 5.24. The molecule has 0 aromatic heterocycles.